The first-order valence-electron chi connectivity index (χ1n) is 10.0. The molecule has 0 fully saturated rings. The molecule has 0 bridgehead atoms. The standard InChI is InChI=1S/C23H23N5O3/c1-28-14-13-24-21(28)20(15-7-3-2-4-8-15)27-19(29)12-11-18-23(31)25-17-10-6-5-9-16(17)22(30)26-18/h2-10,13-14,18,20H,11-12H2,1H3,(H,25,31)(H,26,30)(H,27,29)/t18-,20+/m0/s1. The Morgan fingerprint density at radius 3 is 2.61 bits per heavy atom. The minimum Gasteiger partial charge on any atom is -0.342 e. The first-order chi connectivity index (χ1) is 15.0. The molecule has 0 saturated carbocycles. The average molecular weight is 417 g/mol. The lowest BCUT2D eigenvalue weighted by Gasteiger charge is -2.20. The molecule has 4 rings (SSSR count). The SMILES string of the molecule is Cn1ccnc1[C@H](NC(=O)CC[C@@H]1NC(=O)c2ccccc2NC1=O)c1ccccc1. The molecule has 0 aliphatic carbocycles. The Morgan fingerprint density at radius 1 is 1.13 bits per heavy atom. The predicted molar refractivity (Wildman–Crippen MR) is 115 cm³/mol. The van der Waals surface area contributed by atoms with Gasteiger partial charge in [-0.2, -0.15) is 0 Å². The quantitative estimate of drug-likeness (QED) is 0.572. The maximum absolute atomic E-state index is 12.8. The molecule has 2 heterocycles. The molecule has 1 aromatic heterocycles. The van der Waals surface area contributed by atoms with Crippen LogP contribution in [0.2, 0.25) is 0 Å². The molecule has 31 heavy (non-hydrogen) atoms. The summed E-state index contributed by atoms with van der Waals surface area (Å²) in [7, 11) is 1.87. The lowest BCUT2D eigenvalue weighted by atomic mass is 10.1. The summed E-state index contributed by atoms with van der Waals surface area (Å²) < 4.78 is 1.86. The van der Waals surface area contributed by atoms with Crippen molar-refractivity contribution in [1.82, 2.24) is 20.2 Å². The van der Waals surface area contributed by atoms with Crippen molar-refractivity contribution >= 4 is 23.4 Å². The van der Waals surface area contributed by atoms with Crippen molar-refractivity contribution in [3.63, 3.8) is 0 Å². The van der Waals surface area contributed by atoms with Gasteiger partial charge in [0.2, 0.25) is 11.8 Å². The van der Waals surface area contributed by atoms with Crippen LogP contribution in [0.4, 0.5) is 5.69 Å². The third kappa shape index (κ3) is 4.48. The van der Waals surface area contributed by atoms with E-state index in [-0.39, 0.29) is 30.6 Å². The zero-order valence-electron chi connectivity index (χ0n) is 17.0. The molecule has 1 aliphatic heterocycles. The van der Waals surface area contributed by atoms with Gasteiger partial charge in [-0.1, -0.05) is 42.5 Å². The number of amides is 3. The minimum atomic E-state index is -0.797. The second-order valence-corrected chi connectivity index (χ2v) is 7.41. The molecule has 8 heteroatoms. The van der Waals surface area contributed by atoms with E-state index in [0.717, 1.165) is 5.56 Å². The predicted octanol–water partition coefficient (Wildman–Crippen LogP) is 2.16. The van der Waals surface area contributed by atoms with Gasteiger partial charge in [-0.15, -0.1) is 0 Å². The molecule has 1 aliphatic rings. The van der Waals surface area contributed by atoms with Gasteiger partial charge in [0.25, 0.3) is 5.91 Å². The van der Waals surface area contributed by atoms with Gasteiger partial charge in [-0.3, -0.25) is 14.4 Å². The molecule has 3 amide bonds. The highest BCUT2D eigenvalue weighted by Crippen LogP contribution is 2.22. The van der Waals surface area contributed by atoms with Crippen LogP contribution in [0, 0.1) is 0 Å². The fraction of sp³-hybridized carbons (Fsp3) is 0.217. The van der Waals surface area contributed by atoms with Gasteiger partial charge < -0.3 is 20.5 Å². The van der Waals surface area contributed by atoms with Crippen molar-refractivity contribution in [3.05, 3.63) is 83.9 Å². The van der Waals surface area contributed by atoms with Crippen molar-refractivity contribution in [2.45, 2.75) is 24.9 Å². The van der Waals surface area contributed by atoms with Gasteiger partial charge >= 0.3 is 0 Å². The Morgan fingerprint density at radius 2 is 1.87 bits per heavy atom. The van der Waals surface area contributed by atoms with Crippen LogP contribution in [0.5, 0.6) is 0 Å². The van der Waals surface area contributed by atoms with Crippen LogP contribution in [0.3, 0.4) is 0 Å². The molecule has 158 valence electrons. The topological polar surface area (TPSA) is 105 Å². The molecule has 0 saturated heterocycles. The number of nitrogens with one attached hydrogen (secondary N) is 3. The Balaban J connectivity index is 1.44. The summed E-state index contributed by atoms with van der Waals surface area (Å²) in [5.74, 6) is -0.208. The van der Waals surface area contributed by atoms with Crippen LogP contribution in [0.1, 0.15) is 40.6 Å². The van der Waals surface area contributed by atoms with Crippen molar-refractivity contribution in [3.8, 4) is 0 Å². The number of benzene rings is 2. The fourth-order valence-electron chi connectivity index (χ4n) is 3.62. The zero-order chi connectivity index (χ0) is 21.8. The van der Waals surface area contributed by atoms with E-state index < -0.39 is 12.1 Å². The number of carbonyl (C=O) groups is 3. The second kappa shape index (κ2) is 8.83. The number of carbonyl (C=O) groups excluding carboxylic acids is 3. The van der Waals surface area contributed by atoms with Gasteiger partial charge in [0.15, 0.2) is 0 Å². The lowest BCUT2D eigenvalue weighted by molar-refractivity contribution is -0.122. The molecule has 3 N–H and O–H groups in total. The largest absolute Gasteiger partial charge is 0.342 e. The van der Waals surface area contributed by atoms with Gasteiger partial charge in [0.05, 0.1) is 11.3 Å². The molecule has 2 atom stereocenters. The third-order valence-corrected chi connectivity index (χ3v) is 5.27. The number of hydrogen-bond donors (Lipinski definition) is 3. The molecular weight excluding hydrogens is 394 g/mol. The van der Waals surface area contributed by atoms with Crippen LogP contribution in [0.15, 0.2) is 67.0 Å². The van der Waals surface area contributed by atoms with Crippen LogP contribution >= 0.6 is 0 Å². The maximum atomic E-state index is 12.8. The third-order valence-electron chi connectivity index (χ3n) is 5.27. The average Bonchev–Trinajstić information content (AvgIpc) is 3.16. The number of aromatic nitrogens is 2. The Kier molecular flexibility index (Phi) is 5.79. The number of para-hydroxylation sites is 1. The molecule has 0 unspecified atom stereocenters. The first-order valence-corrected chi connectivity index (χ1v) is 10.0. The summed E-state index contributed by atoms with van der Waals surface area (Å²) in [6.07, 6.45) is 3.75. The zero-order valence-corrected chi connectivity index (χ0v) is 17.0. The molecule has 0 radical (unpaired) electrons. The van der Waals surface area contributed by atoms with Gasteiger partial charge in [-0.25, -0.2) is 4.98 Å². The summed E-state index contributed by atoms with van der Waals surface area (Å²) >= 11 is 0. The monoisotopic (exact) mass is 417 g/mol. The fourth-order valence-corrected chi connectivity index (χ4v) is 3.62. The number of aryl methyl sites for hydroxylation is 1. The molecular formula is C23H23N5O3. The van der Waals surface area contributed by atoms with E-state index in [4.69, 9.17) is 0 Å². The van der Waals surface area contributed by atoms with Crippen molar-refractivity contribution < 1.29 is 14.4 Å². The number of nitrogens with zero attached hydrogens (tertiary/aromatic N) is 2. The second-order valence-electron chi connectivity index (χ2n) is 7.41. The van der Waals surface area contributed by atoms with E-state index >= 15 is 0 Å². The minimum absolute atomic E-state index is 0.0719. The highest BCUT2D eigenvalue weighted by molar-refractivity contribution is 6.09. The van der Waals surface area contributed by atoms with Crippen LogP contribution < -0.4 is 16.0 Å². The summed E-state index contributed by atoms with van der Waals surface area (Å²) in [5, 5.41) is 8.48. The summed E-state index contributed by atoms with van der Waals surface area (Å²) in [4.78, 5) is 42.1. The lowest BCUT2D eigenvalue weighted by Crippen LogP contribution is -2.42. The van der Waals surface area contributed by atoms with Crippen LogP contribution in [-0.2, 0) is 16.6 Å². The first kappa shape index (κ1) is 20.3. The van der Waals surface area contributed by atoms with Gasteiger partial charge in [-0.05, 0) is 24.1 Å². The number of hydrogen-bond acceptors (Lipinski definition) is 4. The molecule has 0 spiro atoms. The van der Waals surface area contributed by atoms with Crippen molar-refractivity contribution in [2.75, 3.05) is 5.32 Å². The summed E-state index contributed by atoms with van der Waals surface area (Å²) in [6, 6.07) is 15.2. The van der Waals surface area contributed by atoms with E-state index in [1.807, 2.05) is 48.1 Å². The molecule has 3 aromatic rings. The molecule has 2 aromatic carbocycles. The number of rotatable bonds is 6. The normalized spacial score (nSPS) is 16.5. The Hall–Kier alpha value is -3.94. The van der Waals surface area contributed by atoms with E-state index in [2.05, 4.69) is 20.9 Å². The maximum Gasteiger partial charge on any atom is 0.254 e. The summed E-state index contributed by atoms with van der Waals surface area (Å²) in [6.45, 7) is 0. The number of fused-ring (bicyclic) bond motifs is 1. The summed E-state index contributed by atoms with van der Waals surface area (Å²) in [5.41, 5.74) is 1.78. The van der Waals surface area contributed by atoms with E-state index in [0.29, 0.717) is 17.1 Å². The van der Waals surface area contributed by atoms with E-state index in [1.165, 1.54) is 0 Å². The highest BCUT2D eigenvalue weighted by atomic mass is 16.2. The Labute approximate surface area is 179 Å². The van der Waals surface area contributed by atoms with Crippen LogP contribution in [0.25, 0.3) is 0 Å². The molecule has 8 nitrogen and oxygen atoms in total. The van der Waals surface area contributed by atoms with E-state index in [9.17, 15) is 14.4 Å². The smallest absolute Gasteiger partial charge is 0.254 e. The number of anilines is 1. The van der Waals surface area contributed by atoms with Gasteiger partial charge in [0.1, 0.15) is 17.9 Å². The van der Waals surface area contributed by atoms with Crippen LogP contribution in [-0.4, -0.2) is 33.3 Å². The van der Waals surface area contributed by atoms with E-state index in [1.54, 1.807) is 30.5 Å². The van der Waals surface area contributed by atoms with Gasteiger partial charge in [0, 0.05) is 25.9 Å². The van der Waals surface area contributed by atoms with Crippen molar-refractivity contribution in [2.24, 2.45) is 7.05 Å². The highest BCUT2D eigenvalue weighted by Gasteiger charge is 2.28. The van der Waals surface area contributed by atoms with Crippen molar-refractivity contribution in [1.29, 1.82) is 0 Å². The number of imidazole rings is 1. The Bertz CT molecular complexity index is 1110.